The predicted octanol–water partition coefficient (Wildman–Crippen LogP) is 2.09. The first-order chi connectivity index (χ1) is 7.82. The van der Waals surface area contributed by atoms with Gasteiger partial charge in [0.25, 0.3) is 5.91 Å². The van der Waals surface area contributed by atoms with Gasteiger partial charge in [-0.15, -0.1) is 0 Å². The van der Waals surface area contributed by atoms with Crippen molar-refractivity contribution in [2.24, 2.45) is 0 Å². The molecule has 0 fully saturated rings. The van der Waals surface area contributed by atoms with Crippen LogP contribution in [0.5, 0.6) is 5.75 Å². The molecule has 6 nitrogen and oxygen atoms in total. The van der Waals surface area contributed by atoms with Crippen molar-refractivity contribution in [3.8, 4) is 5.75 Å². The van der Waals surface area contributed by atoms with E-state index in [2.05, 4.69) is 5.32 Å². The molecule has 0 atom stereocenters. The fraction of sp³-hybridized carbons (Fsp3) is 0.300. The van der Waals surface area contributed by atoms with E-state index < -0.39 is 22.3 Å². The summed E-state index contributed by atoms with van der Waals surface area (Å²) >= 11 is 5.74. The van der Waals surface area contributed by atoms with Gasteiger partial charge >= 0.3 is 5.69 Å². The Morgan fingerprint density at radius 3 is 2.59 bits per heavy atom. The van der Waals surface area contributed by atoms with Gasteiger partial charge in [0.1, 0.15) is 0 Å². The fourth-order valence-corrected chi connectivity index (χ4v) is 1.46. The van der Waals surface area contributed by atoms with Gasteiger partial charge in [-0.3, -0.25) is 14.9 Å². The Morgan fingerprint density at radius 2 is 2.12 bits per heavy atom. The summed E-state index contributed by atoms with van der Waals surface area (Å²) in [5, 5.41) is 22.4. The van der Waals surface area contributed by atoms with Crippen molar-refractivity contribution in [2.45, 2.75) is 19.9 Å². The maximum absolute atomic E-state index is 11.7. The van der Waals surface area contributed by atoms with E-state index in [9.17, 15) is 20.0 Å². The molecule has 7 heteroatoms. The lowest BCUT2D eigenvalue weighted by Crippen LogP contribution is -2.30. The SMILES string of the molecule is CC(C)NC(=O)c1cc([N+](=O)[O-])c(O)cc1Cl. The Hall–Kier alpha value is -1.82. The molecule has 0 aliphatic carbocycles. The molecule has 92 valence electrons. The molecule has 0 bridgehead atoms. The minimum absolute atomic E-state index is 0.0359. The third-order valence-corrected chi connectivity index (χ3v) is 2.24. The molecule has 0 aliphatic rings. The van der Waals surface area contributed by atoms with Gasteiger partial charge in [0, 0.05) is 18.2 Å². The van der Waals surface area contributed by atoms with E-state index in [0.717, 1.165) is 12.1 Å². The highest BCUT2D eigenvalue weighted by molar-refractivity contribution is 6.34. The van der Waals surface area contributed by atoms with Crippen LogP contribution in [-0.4, -0.2) is 22.0 Å². The first kappa shape index (κ1) is 13.2. The Balaban J connectivity index is 3.20. The minimum atomic E-state index is -0.780. The maximum atomic E-state index is 11.7. The topological polar surface area (TPSA) is 92.5 Å². The number of benzene rings is 1. The molecule has 0 saturated carbocycles. The van der Waals surface area contributed by atoms with Crippen molar-refractivity contribution < 1.29 is 14.8 Å². The number of amides is 1. The van der Waals surface area contributed by atoms with Gasteiger partial charge in [-0.1, -0.05) is 11.6 Å². The van der Waals surface area contributed by atoms with Crippen LogP contribution in [0.15, 0.2) is 12.1 Å². The zero-order valence-electron chi connectivity index (χ0n) is 9.23. The third kappa shape index (κ3) is 3.07. The van der Waals surface area contributed by atoms with Crippen molar-refractivity contribution >= 4 is 23.2 Å². The van der Waals surface area contributed by atoms with Crippen molar-refractivity contribution in [3.63, 3.8) is 0 Å². The highest BCUT2D eigenvalue weighted by Gasteiger charge is 2.21. The summed E-state index contributed by atoms with van der Waals surface area (Å²) in [6.07, 6.45) is 0. The standard InChI is InChI=1S/C10H11ClN2O4/c1-5(2)12-10(15)6-3-8(13(16)17)9(14)4-7(6)11/h3-5,14H,1-2H3,(H,12,15). The van der Waals surface area contributed by atoms with Gasteiger partial charge in [0.05, 0.1) is 15.5 Å². The normalized spacial score (nSPS) is 10.4. The monoisotopic (exact) mass is 258 g/mol. The number of carbonyl (C=O) groups is 1. The molecular weight excluding hydrogens is 248 g/mol. The van der Waals surface area contributed by atoms with E-state index in [4.69, 9.17) is 11.6 Å². The molecule has 1 rings (SSSR count). The van der Waals surface area contributed by atoms with E-state index in [1.54, 1.807) is 13.8 Å². The van der Waals surface area contributed by atoms with Crippen molar-refractivity contribution in [1.29, 1.82) is 0 Å². The maximum Gasteiger partial charge on any atom is 0.311 e. The molecule has 0 spiro atoms. The molecule has 1 aromatic carbocycles. The lowest BCUT2D eigenvalue weighted by atomic mass is 10.1. The van der Waals surface area contributed by atoms with Crippen LogP contribution in [-0.2, 0) is 0 Å². The van der Waals surface area contributed by atoms with Gasteiger partial charge in [0.15, 0.2) is 5.75 Å². The Labute approximate surface area is 102 Å². The first-order valence-electron chi connectivity index (χ1n) is 4.80. The number of nitro benzene ring substituents is 1. The molecule has 0 aliphatic heterocycles. The summed E-state index contributed by atoms with van der Waals surface area (Å²) in [5.41, 5.74) is -0.590. The molecule has 0 aromatic heterocycles. The molecule has 0 radical (unpaired) electrons. The molecule has 1 amide bonds. The predicted molar refractivity (Wildman–Crippen MR) is 62.4 cm³/mol. The van der Waals surface area contributed by atoms with E-state index in [-0.39, 0.29) is 16.6 Å². The van der Waals surface area contributed by atoms with Crippen LogP contribution in [0.3, 0.4) is 0 Å². The van der Waals surface area contributed by atoms with Crippen LogP contribution in [0.2, 0.25) is 5.02 Å². The largest absolute Gasteiger partial charge is 0.502 e. The Bertz CT molecular complexity index is 474. The molecule has 0 unspecified atom stereocenters. The molecule has 0 heterocycles. The van der Waals surface area contributed by atoms with E-state index in [1.807, 2.05) is 0 Å². The Kier molecular flexibility index (Phi) is 3.90. The van der Waals surface area contributed by atoms with Crippen molar-refractivity contribution in [3.05, 3.63) is 32.8 Å². The number of rotatable bonds is 3. The number of halogens is 1. The summed E-state index contributed by atoms with van der Waals surface area (Å²) in [6.45, 7) is 3.50. The molecule has 0 saturated heterocycles. The lowest BCUT2D eigenvalue weighted by Gasteiger charge is -2.09. The number of phenolic OH excluding ortho intramolecular Hbond substituents is 1. The van der Waals surface area contributed by atoms with Gasteiger partial charge < -0.3 is 10.4 Å². The second-order valence-corrected chi connectivity index (χ2v) is 4.11. The molecule has 17 heavy (non-hydrogen) atoms. The highest BCUT2D eigenvalue weighted by atomic mass is 35.5. The smallest absolute Gasteiger partial charge is 0.311 e. The number of carbonyl (C=O) groups excluding carboxylic acids is 1. The quantitative estimate of drug-likeness (QED) is 0.641. The first-order valence-corrected chi connectivity index (χ1v) is 5.18. The van der Waals surface area contributed by atoms with Crippen molar-refractivity contribution in [1.82, 2.24) is 5.32 Å². The van der Waals surface area contributed by atoms with Crippen LogP contribution in [0.1, 0.15) is 24.2 Å². The summed E-state index contributed by atoms with van der Waals surface area (Å²) in [7, 11) is 0. The average molecular weight is 259 g/mol. The van der Waals surface area contributed by atoms with Crippen LogP contribution < -0.4 is 5.32 Å². The summed E-state index contributed by atoms with van der Waals surface area (Å²) in [5.74, 6) is -1.09. The third-order valence-electron chi connectivity index (χ3n) is 1.93. The summed E-state index contributed by atoms with van der Waals surface area (Å²) in [4.78, 5) is 21.5. The van der Waals surface area contributed by atoms with Gasteiger partial charge in [-0.2, -0.15) is 0 Å². The van der Waals surface area contributed by atoms with Crippen LogP contribution in [0.4, 0.5) is 5.69 Å². The van der Waals surface area contributed by atoms with Gasteiger partial charge in [-0.05, 0) is 13.8 Å². The summed E-state index contributed by atoms with van der Waals surface area (Å²) in [6, 6.07) is 1.82. The zero-order chi connectivity index (χ0) is 13.2. The lowest BCUT2D eigenvalue weighted by molar-refractivity contribution is -0.385. The van der Waals surface area contributed by atoms with Crippen LogP contribution >= 0.6 is 11.6 Å². The Morgan fingerprint density at radius 1 is 1.53 bits per heavy atom. The molecule has 1 aromatic rings. The number of hydrogen-bond donors (Lipinski definition) is 2. The van der Waals surface area contributed by atoms with Gasteiger partial charge in [0.2, 0.25) is 0 Å². The van der Waals surface area contributed by atoms with E-state index in [1.165, 1.54) is 0 Å². The van der Waals surface area contributed by atoms with E-state index in [0.29, 0.717) is 0 Å². The molecule has 2 N–H and O–H groups in total. The van der Waals surface area contributed by atoms with Gasteiger partial charge in [-0.25, -0.2) is 0 Å². The van der Waals surface area contributed by atoms with Crippen molar-refractivity contribution in [2.75, 3.05) is 0 Å². The number of hydrogen-bond acceptors (Lipinski definition) is 4. The number of nitrogens with zero attached hydrogens (tertiary/aromatic N) is 1. The zero-order valence-corrected chi connectivity index (χ0v) is 9.99. The second-order valence-electron chi connectivity index (χ2n) is 3.71. The number of phenols is 1. The fourth-order valence-electron chi connectivity index (χ4n) is 1.21. The van der Waals surface area contributed by atoms with Crippen LogP contribution in [0, 0.1) is 10.1 Å². The van der Waals surface area contributed by atoms with Crippen LogP contribution in [0.25, 0.3) is 0 Å². The van der Waals surface area contributed by atoms with E-state index >= 15 is 0 Å². The minimum Gasteiger partial charge on any atom is -0.502 e. The number of aromatic hydroxyl groups is 1. The summed E-state index contributed by atoms with van der Waals surface area (Å²) < 4.78 is 0. The molecular formula is C10H11ClN2O4. The second kappa shape index (κ2) is 5.01. The average Bonchev–Trinajstić information content (AvgIpc) is 2.15. The highest BCUT2D eigenvalue weighted by Crippen LogP contribution is 2.31. The number of nitrogens with one attached hydrogen (secondary N) is 1. The number of nitro groups is 1.